The SMILES string of the molecule is O=C(O)c1ccc(OCCCC(Oc2ccccc2Cl)C(=O)O)c(Cl)c1. The fourth-order valence-electron chi connectivity index (χ4n) is 2.13. The van der Waals surface area contributed by atoms with Gasteiger partial charge in [0.1, 0.15) is 11.5 Å². The molecule has 26 heavy (non-hydrogen) atoms. The first-order valence-electron chi connectivity index (χ1n) is 7.68. The molecule has 0 heterocycles. The highest BCUT2D eigenvalue weighted by atomic mass is 35.5. The summed E-state index contributed by atoms with van der Waals surface area (Å²) >= 11 is 11.9. The molecule has 0 spiro atoms. The van der Waals surface area contributed by atoms with E-state index >= 15 is 0 Å². The molecule has 0 bridgehead atoms. The minimum absolute atomic E-state index is 0.0569. The van der Waals surface area contributed by atoms with E-state index in [2.05, 4.69) is 0 Å². The minimum atomic E-state index is -1.10. The van der Waals surface area contributed by atoms with Crippen molar-refractivity contribution in [3.63, 3.8) is 0 Å². The van der Waals surface area contributed by atoms with Crippen LogP contribution in [0.5, 0.6) is 11.5 Å². The van der Waals surface area contributed by atoms with Gasteiger partial charge in [-0.15, -0.1) is 0 Å². The Balaban J connectivity index is 1.88. The summed E-state index contributed by atoms with van der Waals surface area (Å²) in [5.41, 5.74) is 0.0569. The summed E-state index contributed by atoms with van der Waals surface area (Å²) in [6.45, 7) is 0.196. The van der Waals surface area contributed by atoms with Crippen molar-refractivity contribution < 1.29 is 29.3 Å². The third-order valence-corrected chi connectivity index (χ3v) is 4.04. The van der Waals surface area contributed by atoms with Gasteiger partial charge in [-0.2, -0.15) is 0 Å². The van der Waals surface area contributed by atoms with Crippen molar-refractivity contribution in [3.8, 4) is 11.5 Å². The highest BCUT2D eigenvalue weighted by Crippen LogP contribution is 2.27. The Hall–Kier alpha value is -2.44. The van der Waals surface area contributed by atoms with Gasteiger partial charge in [0.25, 0.3) is 0 Å². The van der Waals surface area contributed by atoms with Crippen LogP contribution in [0.25, 0.3) is 0 Å². The van der Waals surface area contributed by atoms with E-state index in [1.807, 2.05) is 0 Å². The second kappa shape index (κ2) is 9.31. The second-order valence-electron chi connectivity index (χ2n) is 5.32. The summed E-state index contributed by atoms with van der Waals surface area (Å²) in [6, 6.07) is 10.8. The van der Waals surface area contributed by atoms with Crippen LogP contribution in [0.4, 0.5) is 0 Å². The Bertz CT molecular complexity index is 793. The molecular weight excluding hydrogens is 383 g/mol. The topological polar surface area (TPSA) is 93.1 Å². The van der Waals surface area contributed by atoms with E-state index in [4.69, 9.17) is 37.8 Å². The third kappa shape index (κ3) is 5.54. The monoisotopic (exact) mass is 398 g/mol. The third-order valence-electron chi connectivity index (χ3n) is 3.43. The molecule has 2 rings (SSSR count). The number of hydrogen-bond donors (Lipinski definition) is 2. The lowest BCUT2D eigenvalue weighted by Gasteiger charge is -2.16. The van der Waals surface area contributed by atoms with E-state index in [1.54, 1.807) is 24.3 Å². The zero-order chi connectivity index (χ0) is 19.1. The van der Waals surface area contributed by atoms with Crippen molar-refractivity contribution in [2.75, 3.05) is 6.61 Å². The number of ether oxygens (including phenoxy) is 2. The molecule has 2 aromatic rings. The molecule has 2 N–H and O–H groups in total. The summed E-state index contributed by atoms with van der Waals surface area (Å²) in [5.74, 6) is -1.56. The molecular formula is C18H16Cl2O6. The molecule has 1 unspecified atom stereocenters. The summed E-state index contributed by atoms with van der Waals surface area (Å²) in [5, 5.41) is 18.7. The molecule has 8 heteroatoms. The Morgan fingerprint density at radius 3 is 2.35 bits per heavy atom. The Kier molecular flexibility index (Phi) is 7.12. The van der Waals surface area contributed by atoms with Gasteiger partial charge in [-0.3, -0.25) is 0 Å². The van der Waals surface area contributed by atoms with Crippen LogP contribution in [0.3, 0.4) is 0 Å². The van der Waals surface area contributed by atoms with Gasteiger partial charge in [-0.25, -0.2) is 9.59 Å². The van der Waals surface area contributed by atoms with Gasteiger partial charge >= 0.3 is 11.9 Å². The Labute approximate surface area is 159 Å². The lowest BCUT2D eigenvalue weighted by Crippen LogP contribution is -2.27. The van der Waals surface area contributed by atoms with Crippen molar-refractivity contribution in [1.82, 2.24) is 0 Å². The molecule has 0 saturated heterocycles. The number of aliphatic carboxylic acids is 1. The molecule has 2 aromatic carbocycles. The summed E-state index contributed by atoms with van der Waals surface area (Å²) in [6.07, 6.45) is -0.479. The Morgan fingerprint density at radius 2 is 1.73 bits per heavy atom. The quantitative estimate of drug-likeness (QED) is 0.608. The van der Waals surface area contributed by atoms with Gasteiger partial charge in [0.05, 0.1) is 22.2 Å². The summed E-state index contributed by atoms with van der Waals surface area (Å²) in [4.78, 5) is 22.2. The molecule has 0 aliphatic rings. The molecule has 6 nitrogen and oxygen atoms in total. The zero-order valence-electron chi connectivity index (χ0n) is 13.5. The van der Waals surface area contributed by atoms with E-state index in [0.717, 1.165) is 0 Å². The molecule has 0 aromatic heterocycles. The highest BCUT2D eigenvalue weighted by Gasteiger charge is 2.20. The van der Waals surface area contributed by atoms with E-state index in [9.17, 15) is 14.7 Å². The van der Waals surface area contributed by atoms with Crippen LogP contribution in [-0.4, -0.2) is 34.9 Å². The molecule has 0 radical (unpaired) electrons. The fourth-order valence-corrected chi connectivity index (χ4v) is 2.54. The van der Waals surface area contributed by atoms with E-state index in [-0.39, 0.29) is 23.6 Å². The van der Waals surface area contributed by atoms with E-state index in [0.29, 0.717) is 22.9 Å². The van der Waals surface area contributed by atoms with Crippen LogP contribution < -0.4 is 9.47 Å². The number of halogens is 2. The molecule has 0 fully saturated rings. The minimum Gasteiger partial charge on any atom is -0.492 e. The van der Waals surface area contributed by atoms with Crippen LogP contribution in [0.2, 0.25) is 10.0 Å². The van der Waals surface area contributed by atoms with Crippen molar-refractivity contribution in [3.05, 3.63) is 58.1 Å². The van der Waals surface area contributed by atoms with Gasteiger partial charge in [-0.1, -0.05) is 35.3 Å². The van der Waals surface area contributed by atoms with E-state index < -0.39 is 18.0 Å². The number of carbonyl (C=O) groups is 2. The van der Waals surface area contributed by atoms with Crippen LogP contribution in [0, 0.1) is 0 Å². The number of rotatable bonds is 9. The molecule has 1 atom stereocenters. The number of carboxylic acids is 2. The average molecular weight is 399 g/mol. The van der Waals surface area contributed by atoms with Crippen molar-refractivity contribution in [2.45, 2.75) is 18.9 Å². The predicted octanol–water partition coefficient (Wildman–Crippen LogP) is 4.38. The van der Waals surface area contributed by atoms with Crippen LogP contribution >= 0.6 is 23.2 Å². The summed E-state index contributed by atoms with van der Waals surface area (Å²) < 4.78 is 10.9. The molecule has 0 aliphatic carbocycles. The van der Waals surface area contributed by atoms with Crippen molar-refractivity contribution in [2.24, 2.45) is 0 Å². The number of benzene rings is 2. The second-order valence-corrected chi connectivity index (χ2v) is 6.13. The van der Waals surface area contributed by atoms with Gasteiger partial charge in [0.2, 0.25) is 0 Å². The van der Waals surface area contributed by atoms with Crippen LogP contribution in [0.1, 0.15) is 23.2 Å². The lowest BCUT2D eigenvalue weighted by molar-refractivity contribution is -0.145. The number of aromatic carboxylic acids is 1. The van der Waals surface area contributed by atoms with Gasteiger partial charge in [-0.05, 0) is 43.2 Å². The van der Waals surface area contributed by atoms with Crippen LogP contribution in [0.15, 0.2) is 42.5 Å². The van der Waals surface area contributed by atoms with Crippen molar-refractivity contribution in [1.29, 1.82) is 0 Å². The first-order chi connectivity index (χ1) is 12.4. The standard InChI is InChI=1S/C18H16Cl2O6/c19-12-4-1-2-5-15(12)26-16(18(23)24)6-3-9-25-14-8-7-11(17(21)22)10-13(14)20/h1-2,4-5,7-8,10,16H,3,6,9H2,(H,21,22)(H,23,24). The lowest BCUT2D eigenvalue weighted by atomic mass is 10.2. The summed E-state index contributed by atoms with van der Waals surface area (Å²) in [7, 11) is 0. The number of para-hydroxylation sites is 1. The maximum absolute atomic E-state index is 11.3. The highest BCUT2D eigenvalue weighted by molar-refractivity contribution is 6.32. The largest absolute Gasteiger partial charge is 0.492 e. The molecule has 0 aliphatic heterocycles. The first-order valence-corrected chi connectivity index (χ1v) is 8.43. The number of hydrogen-bond acceptors (Lipinski definition) is 4. The maximum atomic E-state index is 11.3. The maximum Gasteiger partial charge on any atom is 0.344 e. The smallest absolute Gasteiger partial charge is 0.344 e. The zero-order valence-corrected chi connectivity index (χ0v) is 15.0. The molecule has 0 saturated carbocycles. The number of carboxylic acid groups (broad SMARTS) is 2. The molecule has 0 amide bonds. The van der Waals surface area contributed by atoms with Gasteiger partial charge < -0.3 is 19.7 Å². The van der Waals surface area contributed by atoms with E-state index in [1.165, 1.54) is 18.2 Å². The fraction of sp³-hybridized carbons (Fsp3) is 0.222. The normalized spacial score (nSPS) is 11.6. The molecule has 138 valence electrons. The van der Waals surface area contributed by atoms with Crippen molar-refractivity contribution >= 4 is 35.1 Å². The Morgan fingerprint density at radius 1 is 1.00 bits per heavy atom. The van der Waals surface area contributed by atoms with Crippen LogP contribution in [-0.2, 0) is 4.79 Å². The predicted molar refractivity (Wildman–Crippen MR) is 96.6 cm³/mol. The first kappa shape index (κ1) is 19.9. The van der Waals surface area contributed by atoms with Gasteiger partial charge in [0, 0.05) is 0 Å². The average Bonchev–Trinajstić information content (AvgIpc) is 2.59. The van der Waals surface area contributed by atoms with Gasteiger partial charge in [0.15, 0.2) is 6.10 Å².